The van der Waals surface area contributed by atoms with Gasteiger partial charge in [-0.15, -0.1) is 0 Å². The molecule has 1 atom stereocenters. The average Bonchev–Trinajstić information content (AvgIpc) is 3.63. The fourth-order valence-electron chi connectivity index (χ4n) is 4.68. The Morgan fingerprint density at radius 2 is 2.10 bits per heavy atom. The van der Waals surface area contributed by atoms with Gasteiger partial charge in [0.1, 0.15) is 12.2 Å². The summed E-state index contributed by atoms with van der Waals surface area (Å²) in [6.07, 6.45) is -2.41. The first-order chi connectivity index (χ1) is 19.0. The molecule has 10 nitrogen and oxygen atoms in total. The predicted molar refractivity (Wildman–Crippen MR) is 139 cm³/mol. The third-order valence-electron chi connectivity index (χ3n) is 6.66. The monoisotopic (exact) mass is 560 g/mol. The molecule has 0 spiro atoms. The molecule has 1 fully saturated rings. The van der Waals surface area contributed by atoms with Crippen LogP contribution in [0.15, 0.2) is 46.3 Å². The zero-order valence-corrected chi connectivity index (χ0v) is 22.1. The number of hydrogen-bond acceptors (Lipinski definition) is 7. The fourth-order valence-corrected chi connectivity index (χ4v) is 4.68. The molecule has 0 radical (unpaired) electrons. The van der Waals surface area contributed by atoms with Crippen LogP contribution in [0.4, 0.5) is 23.2 Å². The lowest BCUT2D eigenvalue weighted by Crippen LogP contribution is -2.39. The van der Waals surface area contributed by atoms with Crippen molar-refractivity contribution in [3.05, 3.63) is 48.4 Å². The summed E-state index contributed by atoms with van der Waals surface area (Å²) in [7, 11) is 1.82. The molecule has 0 unspecified atom stereocenters. The molecule has 3 aromatic heterocycles. The van der Waals surface area contributed by atoms with Crippen LogP contribution in [-0.4, -0.2) is 73.3 Å². The Morgan fingerprint density at radius 1 is 1.30 bits per heavy atom. The number of nitrogens with zero attached hydrogens (tertiary/aromatic N) is 7. The highest BCUT2D eigenvalue weighted by atomic mass is 19.4. The van der Waals surface area contributed by atoms with E-state index in [1.54, 1.807) is 23.0 Å². The highest BCUT2D eigenvalue weighted by Gasteiger charge is 2.31. The molecule has 4 aromatic rings. The number of alkyl halides is 4. The summed E-state index contributed by atoms with van der Waals surface area (Å²) in [6.45, 7) is 3.21. The standard InChI is InChI=1S/C26H28F4N8O2/c1-15(2)38-14-31-10-22(38)25(39)32-11-23-34-24(35-40-23)21-9-16-18(33-19-7-8-36(3)12-17(19)27)5-4-6-20(16)37(21)13-26(28,29)30/h4-6,9-10,14-15,17H,7-8,11-13H2,1-3H3,(H,32,39)/t17-/m0/s1. The highest BCUT2D eigenvalue weighted by molar-refractivity contribution is 5.99. The molecular formula is C26H28F4N8O2. The molecule has 14 heteroatoms. The van der Waals surface area contributed by atoms with Gasteiger partial charge in [0, 0.05) is 30.9 Å². The molecular weight excluding hydrogens is 532 g/mol. The Morgan fingerprint density at radius 3 is 2.83 bits per heavy atom. The van der Waals surface area contributed by atoms with Gasteiger partial charge in [-0.05, 0) is 39.1 Å². The molecule has 1 aromatic carbocycles. The molecule has 1 aliphatic heterocycles. The van der Waals surface area contributed by atoms with Crippen LogP contribution >= 0.6 is 0 Å². The summed E-state index contributed by atoms with van der Waals surface area (Å²) in [6, 6.07) is 6.27. The molecule has 212 valence electrons. The number of imidazole rings is 1. The lowest BCUT2D eigenvalue weighted by Gasteiger charge is -2.26. The Labute approximate surface area is 226 Å². The minimum Gasteiger partial charge on any atom is -0.342 e. The summed E-state index contributed by atoms with van der Waals surface area (Å²) in [5.74, 6) is -0.492. The quantitative estimate of drug-likeness (QED) is 0.328. The van der Waals surface area contributed by atoms with Gasteiger partial charge in [0.15, 0.2) is 6.17 Å². The number of piperidine rings is 1. The Bertz CT molecular complexity index is 1550. The Hall–Kier alpha value is -4.07. The minimum absolute atomic E-state index is 0.00911. The van der Waals surface area contributed by atoms with Gasteiger partial charge in [-0.1, -0.05) is 11.2 Å². The lowest BCUT2D eigenvalue weighted by atomic mass is 10.1. The largest absolute Gasteiger partial charge is 0.406 e. The van der Waals surface area contributed by atoms with Gasteiger partial charge < -0.3 is 23.9 Å². The van der Waals surface area contributed by atoms with Crippen molar-refractivity contribution in [2.45, 2.75) is 51.7 Å². The summed E-state index contributed by atoms with van der Waals surface area (Å²) < 4.78 is 63.5. The van der Waals surface area contributed by atoms with E-state index in [-0.39, 0.29) is 42.1 Å². The van der Waals surface area contributed by atoms with Crippen LogP contribution in [0.1, 0.15) is 42.7 Å². The van der Waals surface area contributed by atoms with E-state index in [1.807, 2.05) is 25.8 Å². The number of aromatic nitrogens is 5. The fraction of sp³-hybridized carbons (Fsp3) is 0.423. The van der Waals surface area contributed by atoms with Crippen molar-refractivity contribution in [2.24, 2.45) is 4.99 Å². The molecule has 4 heterocycles. The number of amides is 1. The average molecular weight is 561 g/mol. The smallest absolute Gasteiger partial charge is 0.342 e. The van der Waals surface area contributed by atoms with Gasteiger partial charge in [-0.3, -0.25) is 9.79 Å². The molecule has 0 saturated carbocycles. The number of rotatable bonds is 7. The van der Waals surface area contributed by atoms with E-state index in [0.29, 0.717) is 35.4 Å². The maximum Gasteiger partial charge on any atom is 0.406 e. The summed E-state index contributed by atoms with van der Waals surface area (Å²) in [5, 5.41) is 6.95. The number of halogens is 4. The number of fused-ring (bicyclic) bond motifs is 1. The number of hydrogen-bond donors (Lipinski definition) is 1. The molecule has 0 bridgehead atoms. The SMILES string of the molecule is CC(C)n1cncc1C(=O)NCc1nc(-c2cc3c(N=C4CCN(C)C[C@@H]4F)cccc3n2CC(F)(F)F)no1. The second-order valence-corrected chi connectivity index (χ2v) is 10.00. The van der Waals surface area contributed by atoms with Crippen LogP contribution in [0.5, 0.6) is 0 Å². The molecule has 40 heavy (non-hydrogen) atoms. The van der Waals surface area contributed by atoms with E-state index >= 15 is 0 Å². The van der Waals surface area contributed by atoms with Gasteiger partial charge in [0.25, 0.3) is 5.91 Å². The Kier molecular flexibility index (Phi) is 7.45. The maximum atomic E-state index is 14.6. The highest BCUT2D eigenvalue weighted by Crippen LogP contribution is 2.35. The molecule has 1 aliphatic rings. The van der Waals surface area contributed by atoms with Crippen molar-refractivity contribution in [2.75, 3.05) is 20.1 Å². The number of carbonyl (C=O) groups excluding carboxylic acids is 1. The van der Waals surface area contributed by atoms with Gasteiger partial charge in [-0.25, -0.2) is 9.37 Å². The van der Waals surface area contributed by atoms with Crippen LogP contribution in [0.3, 0.4) is 0 Å². The van der Waals surface area contributed by atoms with Gasteiger partial charge in [-0.2, -0.15) is 18.2 Å². The number of likely N-dealkylation sites (tertiary alicyclic amines) is 1. The zero-order valence-electron chi connectivity index (χ0n) is 22.1. The van der Waals surface area contributed by atoms with Crippen molar-refractivity contribution >= 4 is 28.2 Å². The van der Waals surface area contributed by atoms with E-state index in [0.717, 1.165) is 4.57 Å². The van der Waals surface area contributed by atoms with Crippen LogP contribution in [-0.2, 0) is 13.1 Å². The molecule has 0 aliphatic carbocycles. The molecule has 1 saturated heterocycles. The molecule has 1 N–H and O–H groups in total. The van der Waals surface area contributed by atoms with Crippen molar-refractivity contribution in [1.29, 1.82) is 0 Å². The van der Waals surface area contributed by atoms with E-state index in [9.17, 15) is 22.4 Å². The number of nitrogens with one attached hydrogen (secondary N) is 1. The summed E-state index contributed by atoms with van der Waals surface area (Å²) >= 11 is 0. The number of aliphatic imine (C=N–C) groups is 1. The van der Waals surface area contributed by atoms with Crippen LogP contribution in [0.2, 0.25) is 0 Å². The van der Waals surface area contributed by atoms with Crippen molar-refractivity contribution in [3.63, 3.8) is 0 Å². The molecule has 5 rings (SSSR count). The van der Waals surface area contributed by atoms with Gasteiger partial charge >= 0.3 is 6.18 Å². The topological polar surface area (TPSA) is 106 Å². The first-order valence-corrected chi connectivity index (χ1v) is 12.7. The second-order valence-electron chi connectivity index (χ2n) is 10.00. The Balaban J connectivity index is 1.46. The summed E-state index contributed by atoms with van der Waals surface area (Å²) in [5.41, 5.74) is 1.36. The van der Waals surface area contributed by atoms with Crippen molar-refractivity contribution in [3.8, 4) is 11.5 Å². The second kappa shape index (κ2) is 10.8. The van der Waals surface area contributed by atoms with E-state index in [1.165, 1.54) is 18.3 Å². The first kappa shape index (κ1) is 27.5. The number of carbonyl (C=O) groups is 1. The van der Waals surface area contributed by atoms with E-state index in [4.69, 9.17) is 4.52 Å². The first-order valence-electron chi connectivity index (χ1n) is 12.7. The maximum absolute atomic E-state index is 14.6. The summed E-state index contributed by atoms with van der Waals surface area (Å²) in [4.78, 5) is 27.2. The minimum atomic E-state index is -4.54. The van der Waals surface area contributed by atoms with Crippen LogP contribution in [0.25, 0.3) is 22.4 Å². The van der Waals surface area contributed by atoms with Crippen LogP contribution in [0, 0.1) is 0 Å². The zero-order chi connectivity index (χ0) is 28.6. The third-order valence-corrected chi connectivity index (χ3v) is 6.66. The predicted octanol–water partition coefficient (Wildman–Crippen LogP) is 4.71. The van der Waals surface area contributed by atoms with E-state index < -0.39 is 24.8 Å². The van der Waals surface area contributed by atoms with Gasteiger partial charge in [0.2, 0.25) is 11.7 Å². The van der Waals surface area contributed by atoms with Gasteiger partial charge in [0.05, 0.1) is 41.7 Å². The van der Waals surface area contributed by atoms with Crippen molar-refractivity contribution in [1.82, 2.24) is 34.5 Å². The third kappa shape index (κ3) is 5.76. The van der Waals surface area contributed by atoms with Crippen molar-refractivity contribution < 1.29 is 26.9 Å². The number of benzene rings is 1. The lowest BCUT2D eigenvalue weighted by molar-refractivity contribution is -0.139. The van der Waals surface area contributed by atoms with Crippen LogP contribution < -0.4 is 5.32 Å². The van der Waals surface area contributed by atoms with E-state index in [2.05, 4.69) is 25.4 Å². The normalized spacial score (nSPS) is 17.8. The molecule has 1 amide bonds.